The molecule has 0 saturated carbocycles. The van der Waals surface area contributed by atoms with E-state index in [0.29, 0.717) is 5.69 Å². The Bertz CT molecular complexity index is 697. The number of rotatable bonds is 6. The van der Waals surface area contributed by atoms with Crippen LogP contribution in [0.25, 0.3) is 0 Å². The van der Waals surface area contributed by atoms with Gasteiger partial charge in [-0.3, -0.25) is 9.69 Å². The minimum absolute atomic E-state index is 0.0469. The van der Waals surface area contributed by atoms with Crippen molar-refractivity contribution in [2.24, 2.45) is 0 Å². The molecule has 1 N–H and O–H groups in total. The molecule has 0 bridgehead atoms. The summed E-state index contributed by atoms with van der Waals surface area (Å²) in [6.45, 7) is 6.69. The third-order valence-corrected chi connectivity index (χ3v) is 5.01. The van der Waals surface area contributed by atoms with Crippen LogP contribution in [-0.2, 0) is 11.2 Å². The largest absolute Gasteiger partial charge is 0.325 e. The summed E-state index contributed by atoms with van der Waals surface area (Å²) in [4.78, 5) is 17.1. The van der Waals surface area contributed by atoms with E-state index in [9.17, 15) is 9.18 Å². The predicted molar refractivity (Wildman–Crippen MR) is 103 cm³/mol. The van der Waals surface area contributed by atoms with Gasteiger partial charge < -0.3 is 10.2 Å². The Morgan fingerprint density at radius 3 is 2.35 bits per heavy atom. The van der Waals surface area contributed by atoms with Crippen molar-refractivity contribution in [3.05, 3.63) is 66.0 Å². The highest BCUT2D eigenvalue weighted by atomic mass is 19.1. The Morgan fingerprint density at radius 2 is 1.69 bits per heavy atom. The molecule has 0 spiro atoms. The summed E-state index contributed by atoms with van der Waals surface area (Å²) < 4.78 is 13.0. The first-order valence-electron chi connectivity index (χ1n) is 9.18. The molecular weight excluding hydrogens is 329 g/mol. The Labute approximate surface area is 154 Å². The summed E-state index contributed by atoms with van der Waals surface area (Å²) in [5.74, 6) is -0.350. The maximum atomic E-state index is 13.0. The molecule has 0 radical (unpaired) electrons. The molecule has 1 amide bonds. The number of piperazine rings is 1. The van der Waals surface area contributed by atoms with Gasteiger partial charge in [-0.25, -0.2) is 4.39 Å². The van der Waals surface area contributed by atoms with E-state index in [-0.39, 0.29) is 17.8 Å². The summed E-state index contributed by atoms with van der Waals surface area (Å²) in [6, 6.07) is 16.2. The van der Waals surface area contributed by atoms with Gasteiger partial charge in [-0.2, -0.15) is 0 Å². The lowest BCUT2D eigenvalue weighted by Gasteiger charge is -2.37. The second-order valence-corrected chi connectivity index (χ2v) is 6.79. The van der Waals surface area contributed by atoms with Crippen LogP contribution in [0.5, 0.6) is 0 Å². The van der Waals surface area contributed by atoms with E-state index in [1.165, 1.54) is 17.7 Å². The van der Waals surface area contributed by atoms with Gasteiger partial charge in [-0.15, -0.1) is 0 Å². The molecule has 3 rings (SSSR count). The third kappa shape index (κ3) is 5.13. The van der Waals surface area contributed by atoms with Crippen molar-refractivity contribution in [3.8, 4) is 0 Å². The molecule has 2 aromatic rings. The number of carbonyl (C=O) groups is 1. The van der Waals surface area contributed by atoms with Crippen LogP contribution in [0.1, 0.15) is 12.5 Å². The molecule has 1 heterocycles. The van der Waals surface area contributed by atoms with Gasteiger partial charge in [-0.05, 0) is 43.2 Å². The molecule has 1 aliphatic heterocycles. The van der Waals surface area contributed by atoms with Gasteiger partial charge in [0.2, 0.25) is 5.91 Å². The standard InChI is InChI=1S/C21H26FN3O/c1-17(21(26)23-20-9-7-19(22)8-10-20)25-15-13-24(14-16-25)12-11-18-5-3-2-4-6-18/h2-10,17H,11-16H2,1H3,(H,23,26)/t17-/m1/s1. The fourth-order valence-corrected chi connectivity index (χ4v) is 3.25. The summed E-state index contributed by atoms with van der Waals surface area (Å²) in [7, 11) is 0. The molecule has 1 fully saturated rings. The first-order valence-corrected chi connectivity index (χ1v) is 9.18. The number of benzene rings is 2. The molecule has 138 valence electrons. The number of nitrogens with zero attached hydrogens (tertiary/aromatic N) is 2. The van der Waals surface area contributed by atoms with Crippen molar-refractivity contribution < 1.29 is 9.18 Å². The van der Waals surface area contributed by atoms with Crippen LogP contribution in [0.2, 0.25) is 0 Å². The fraction of sp³-hybridized carbons (Fsp3) is 0.381. The Morgan fingerprint density at radius 1 is 1.04 bits per heavy atom. The van der Waals surface area contributed by atoms with E-state index in [1.807, 2.05) is 13.0 Å². The molecule has 0 unspecified atom stereocenters. The maximum absolute atomic E-state index is 13.0. The zero-order chi connectivity index (χ0) is 18.4. The molecule has 4 nitrogen and oxygen atoms in total. The minimum atomic E-state index is -0.303. The van der Waals surface area contributed by atoms with Crippen molar-refractivity contribution in [2.75, 3.05) is 38.0 Å². The first-order chi connectivity index (χ1) is 12.6. The monoisotopic (exact) mass is 355 g/mol. The smallest absolute Gasteiger partial charge is 0.241 e. The molecule has 0 aliphatic carbocycles. The molecule has 0 aromatic heterocycles. The second kappa shape index (κ2) is 8.92. The van der Waals surface area contributed by atoms with Crippen LogP contribution in [0.4, 0.5) is 10.1 Å². The van der Waals surface area contributed by atoms with Crippen molar-refractivity contribution in [3.63, 3.8) is 0 Å². The topological polar surface area (TPSA) is 35.6 Å². The summed E-state index contributed by atoms with van der Waals surface area (Å²) in [5, 5.41) is 2.86. The van der Waals surface area contributed by atoms with Crippen LogP contribution in [0, 0.1) is 5.82 Å². The van der Waals surface area contributed by atoms with Gasteiger partial charge >= 0.3 is 0 Å². The lowest BCUT2D eigenvalue weighted by molar-refractivity contribution is -0.121. The number of hydrogen-bond acceptors (Lipinski definition) is 3. The number of amides is 1. The predicted octanol–water partition coefficient (Wildman–Crippen LogP) is 3.01. The van der Waals surface area contributed by atoms with Crippen LogP contribution >= 0.6 is 0 Å². The zero-order valence-corrected chi connectivity index (χ0v) is 15.2. The van der Waals surface area contributed by atoms with Crippen molar-refractivity contribution >= 4 is 11.6 Å². The fourth-order valence-electron chi connectivity index (χ4n) is 3.25. The first kappa shape index (κ1) is 18.5. The number of hydrogen-bond donors (Lipinski definition) is 1. The molecule has 2 aromatic carbocycles. The van der Waals surface area contributed by atoms with Crippen molar-refractivity contribution in [1.82, 2.24) is 9.80 Å². The van der Waals surface area contributed by atoms with E-state index in [4.69, 9.17) is 0 Å². The number of halogens is 1. The maximum Gasteiger partial charge on any atom is 0.241 e. The van der Waals surface area contributed by atoms with Gasteiger partial charge in [0, 0.05) is 38.4 Å². The highest BCUT2D eigenvalue weighted by Crippen LogP contribution is 2.12. The minimum Gasteiger partial charge on any atom is -0.325 e. The lowest BCUT2D eigenvalue weighted by Crippen LogP contribution is -2.53. The van der Waals surface area contributed by atoms with Gasteiger partial charge in [0.25, 0.3) is 0 Å². The summed E-state index contributed by atoms with van der Waals surface area (Å²) in [6.07, 6.45) is 1.06. The Balaban J connectivity index is 1.43. The summed E-state index contributed by atoms with van der Waals surface area (Å²) in [5.41, 5.74) is 1.99. The number of anilines is 1. The van der Waals surface area contributed by atoms with Crippen molar-refractivity contribution in [2.45, 2.75) is 19.4 Å². The molecule has 26 heavy (non-hydrogen) atoms. The Kier molecular flexibility index (Phi) is 6.36. The molecule has 1 atom stereocenters. The van der Waals surface area contributed by atoms with E-state index >= 15 is 0 Å². The van der Waals surface area contributed by atoms with Gasteiger partial charge in [0.05, 0.1) is 6.04 Å². The highest BCUT2D eigenvalue weighted by Gasteiger charge is 2.25. The highest BCUT2D eigenvalue weighted by molar-refractivity contribution is 5.94. The molecule has 1 aliphatic rings. The van der Waals surface area contributed by atoms with Gasteiger partial charge in [-0.1, -0.05) is 30.3 Å². The van der Waals surface area contributed by atoms with Crippen molar-refractivity contribution in [1.29, 1.82) is 0 Å². The quantitative estimate of drug-likeness (QED) is 0.865. The van der Waals surface area contributed by atoms with Crippen LogP contribution < -0.4 is 5.32 Å². The van der Waals surface area contributed by atoms with E-state index in [1.54, 1.807) is 12.1 Å². The van der Waals surface area contributed by atoms with Crippen LogP contribution in [0.3, 0.4) is 0 Å². The van der Waals surface area contributed by atoms with E-state index in [2.05, 4.69) is 39.4 Å². The van der Waals surface area contributed by atoms with Crippen LogP contribution in [-0.4, -0.2) is 54.5 Å². The Hall–Kier alpha value is -2.24. The summed E-state index contributed by atoms with van der Waals surface area (Å²) >= 11 is 0. The van der Waals surface area contributed by atoms with Crippen LogP contribution in [0.15, 0.2) is 54.6 Å². The normalized spacial score (nSPS) is 17.0. The average Bonchev–Trinajstić information content (AvgIpc) is 2.69. The molecule has 5 heteroatoms. The van der Waals surface area contributed by atoms with E-state index < -0.39 is 0 Å². The molecular formula is C21H26FN3O. The van der Waals surface area contributed by atoms with E-state index in [0.717, 1.165) is 39.1 Å². The number of nitrogens with one attached hydrogen (secondary N) is 1. The molecule has 1 saturated heterocycles. The SMILES string of the molecule is C[C@H](C(=O)Nc1ccc(F)cc1)N1CCN(CCc2ccccc2)CC1. The van der Waals surface area contributed by atoms with Gasteiger partial charge in [0.1, 0.15) is 5.82 Å². The zero-order valence-electron chi connectivity index (χ0n) is 15.2. The second-order valence-electron chi connectivity index (χ2n) is 6.79. The lowest BCUT2D eigenvalue weighted by atomic mass is 10.1. The number of carbonyl (C=O) groups excluding carboxylic acids is 1. The van der Waals surface area contributed by atoms with Gasteiger partial charge in [0.15, 0.2) is 0 Å². The average molecular weight is 355 g/mol. The third-order valence-electron chi connectivity index (χ3n) is 5.01.